The van der Waals surface area contributed by atoms with Crippen LogP contribution in [0.3, 0.4) is 0 Å². The zero-order valence-electron chi connectivity index (χ0n) is 18.2. The topological polar surface area (TPSA) is 49.6 Å². The molecule has 31 heavy (non-hydrogen) atoms. The monoisotopic (exact) mass is 413 g/mol. The molecule has 0 atom stereocenters. The maximum atomic E-state index is 12.5. The number of carbonyl (C=O) groups excluding carboxylic acids is 1. The fraction of sp³-hybridized carbons (Fsp3) is 0.231. The number of hydrogen-bond donors (Lipinski definition) is 0. The first kappa shape index (κ1) is 20.7. The molecule has 0 aliphatic rings. The number of carbonyl (C=O) groups is 1. The fourth-order valence-electron chi connectivity index (χ4n) is 3.93. The molecule has 0 saturated carbocycles. The highest BCUT2D eigenvalue weighted by atomic mass is 16.3. The third-order valence-electron chi connectivity index (χ3n) is 5.58. The summed E-state index contributed by atoms with van der Waals surface area (Å²) in [6.45, 7) is 6.75. The van der Waals surface area contributed by atoms with Gasteiger partial charge in [0.25, 0.3) is 5.91 Å². The standard InChI is InChI=1S/C26H27N3O2/c1-4-29(5-2)24-13-14-27-23-12-11-21(17-22(23)24)20-9-6-8-19(16-20)18-28(3)26(30)25-10-7-15-31-25/h6-17H,4-5,18H2,1-3H3. The average molecular weight is 414 g/mol. The van der Waals surface area contributed by atoms with Gasteiger partial charge in [0.2, 0.25) is 0 Å². The maximum Gasteiger partial charge on any atom is 0.289 e. The van der Waals surface area contributed by atoms with Crippen LogP contribution in [-0.4, -0.2) is 35.9 Å². The molecule has 0 unspecified atom stereocenters. The number of amides is 1. The van der Waals surface area contributed by atoms with Crippen LogP contribution in [0.1, 0.15) is 30.0 Å². The summed E-state index contributed by atoms with van der Waals surface area (Å²) in [5, 5.41) is 1.15. The Labute approximate surface area is 182 Å². The molecule has 0 aliphatic heterocycles. The van der Waals surface area contributed by atoms with Crippen LogP contribution in [0.4, 0.5) is 5.69 Å². The molecule has 5 nitrogen and oxygen atoms in total. The Morgan fingerprint density at radius 2 is 1.77 bits per heavy atom. The highest BCUT2D eigenvalue weighted by molar-refractivity contribution is 5.95. The average Bonchev–Trinajstić information content (AvgIpc) is 3.34. The lowest BCUT2D eigenvalue weighted by molar-refractivity contribution is 0.0753. The van der Waals surface area contributed by atoms with Gasteiger partial charge in [-0.05, 0) is 66.9 Å². The van der Waals surface area contributed by atoms with Crippen molar-refractivity contribution in [3.05, 3.63) is 84.4 Å². The van der Waals surface area contributed by atoms with Crippen molar-refractivity contribution in [2.75, 3.05) is 25.0 Å². The molecule has 5 heteroatoms. The van der Waals surface area contributed by atoms with Gasteiger partial charge in [0.05, 0.1) is 11.8 Å². The Kier molecular flexibility index (Phi) is 6.03. The Bertz CT molecular complexity index is 1180. The van der Waals surface area contributed by atoms with Crippen molar-refractivity contribution >= 4 is 22.5 Å². The first-order valence-electron chi connectivity index (χ1n) is 10.6. The van der Waals surface area contributed by atoms with Gasteiger partial charge in [-0.2, -0.15) is 0 Å². The molecule has 2 aromatic carbocycles. The van der Waals surface area contributed by atoms with Crippen LogP contribution in [0.2, 0.25) is 0 Å². The van der Waals surface area contributed by atoms with E-state index in [1.165, 1.54) is 12.0 Å². The summed E-state index contributed by atoms with van der Waals surface area (Å²) in [5.41, 5.74) is 5.52. The zero-order valence-corrected chi connectivity index (χ0v) is 18.2. The van der Waals surface area contributed by atoms with E-state index < -0.39 is 0 Å². The number of hydrogen-bond acceptors (Lipinski definition) is 4. The molecule has 2 heterocycles. The summed E-state index contributed by atoms with van der Waals surface area (Å²) in [6, 6.07) is 20.2. The van der Waals surface area contributed by atoms with Gasteiger partial charge in [-0.25, -0.2) is 0 Å². The quantitative estimate of drug-likeness (QED) is 0.395. The van der Waals surface area contributed by atoms with Gasteiger partial charge in [0.1, 0.15) is 0 Å². The molecule has 0 aliphatic carbocycles. The third kappa shape index (κ3) is 4.31. The van der Waals surface area contributed by atoms with Crippen molar-refractivity contribution in [2.45, 2.75) is 20.4 Å². The summed E-state index contributed by atoms with van der Waals surface area (Å²) in [5.74, 6) is 0.223. The predicted octanol–water partition coefficient (Wildman–Crippen LogP) is 5.61. The van der Waals surface area contributed by atoms with Gasteiger partial charge in [-0.1, -0.05) is 24.3 Å². The molecule has 4 rings (SSSR count). The Morgan fingerprint density at radius 1 is 0.968 bits per heavy atom. The molecule has 0 radical (unpaired) electrons. The van der Waals surface area contributed by atoms with E-state index in [1.807, 2.05) is 18.3 Å². The van der Waals surface area contributed by atoms with E-state index in [0.717, 1.165) is 40.7 Å². The molecule has 1 amide bonds. The van der Waals surface area contributed by atoms with Crippen LogP contribution in [0.5, 0.6) is 0 Å². The highest BCUT2D eigenvalue weighted by Gasteiger charge is 2.15. The van der Waals surface area contributed by atoms with Gasteiger partial charge in [0, 0.05) is 44.0 Å². The third-order valence-corrected chi connectivity index (χ3v) is 5.58. The summed E-state index contributed by atoms with van der Waals surface area (Å²) in [6.07, 6.45) is 3.39. The van der Waals surface area contributed by atoms with Crippen LogP contribution in [-0.2, 0) is 6.54 Å². The number of anilines is 1. The van der Waals surface area contributed by atoms with E-state index in [0.29, 0.717) is 12.3 Å². The summed E-state index contributed by atoms with van der Waals surface area (Å²) >= 11 is 0. The van der Waals surface area contributed by atoms with Crippen LogP contribution in [0.15, 0.2) is 77.5 Å². The molecule has 158 valence electrons. The first-order valence-corrected chi connectivity index (χ1v) is 10.6. The second kappa shape index (κ2) is 9.04. The number of pyridine rings is 1. The van der Waals surface area contributed by atoms with Gasteiger partial charge in [-0.15, -0.1) is 0 Å². The molecular weight excluding hydrogens is 386 g/mol. The number of nitrogens with zero attached hydrogens (tertiary/aromatic N) is 3. The Balaban J connectivity index is 1.64. The SMILES string of the molecule is CCN(CC)c1ccnc2ccc(-c3cccc(CN(C)C(=O)c4ccco4)c3)cc12. The van der Waals surface area contributed by atoms with E-state index in [2.05, 4.69) is 60.1 Å². The van der Waals surface area contributed by atoms with Crippen molar-refractivity contribution in [1.29, 1.82) is 0 Å². The minimum absolute atomic E-state index is 0.129. The molecule has 0 fully saturated rings. The van der Waals surface area contributed by atoms with E-state index in [9.17, 15) is 4.79 Å². The summed E-state index contributed by atoms with van der Waals surface area (Å²) in [4.78, 5) is 21.1. The number of benzene rings is 2. The minimum Gasteiger partial charge on any atom is -0.459 e. The van der Waals surface area contributed by atoms with Crippen LogP contribution >= 0.6 is 0 Å². The molecule has 4 aromatic rings. The lowest BCUT2D eigenvalue weighted by Crippen LogP contribution is -2.25. The lowest BCUT2D eigenvalue weighted by atomic mass is 10.00. The van der Waals surface area contributed by atoms with E-state index in [-0.39, 0.29) is 5.91 Å². The second-order valence-electron chi connectivity index (χ2n) is 7.57. The molecule has 0 spiro atoms. The number of furan rings is 1. The summed E-state index contributed by atoms with van der Waals surface area (Å²) in [7, 11) is 1.79. The van der Waals surface area contributed by atoms with Crippen molar-refractivity contribution in [3.8, 4) is 11.1 Å². The smallest absolute Gasteiger partial charge is 0.289 e. The van der Waals surface area contributed by atoms with Crippen molar-refractivity contribution < 1.29 is 9.21 Å². The Morgan fingerprint density at radius 3 is 2.52 bits per heavy atom. The van der Waals surface area contributed by atoms with Gasteiger partial charge in [-0.3, -0.25) is 9.78 Å². The summed E-state index contributed by atoms with van der Waals surface area (Å²) < 4.78 is 5.24. The van der Waals surface area contributed by atoms with E-state index in [1.54, 1.807) is 24.1 Å². The van der Waals surface area contributed by atoms with E-state index >= 15 is 0 Å². The van der Waals surface area contributed by atoms with E-state index in [4.69, 9.17) is 4.42 Å². The van der Waals surface area contributed by atoms with Crippen LogP contribution < -0.4 is 4.90 Å². The lowest BCUT2D eigenvalue weighted by Gasteiger charge is -2.23. The van der Waals surface area contributed by atoms with Crippen LogP contribution in [0.25, 0.3) is 22.0 Å². The maximum absolute atomic E-state index is 12.5. The molecule has 0 N–H and O–H groups in total. The highest BCUT2D eigenvalue weighted by Crippen LogP contribution is 2.30. The fourth-order valence-corrected chi connectivity index (χ4v) is 3.93. The molecule has 0 bridgehead atoms. The van der Waals surface area contributed by atoms with Crippen LogP contribution in [0, 0.1) is 0 Å². The Hall–Kier alpha value is -3.60. The minimum atomic E-state index is -0.129. The zero-order chi connectivity index (χ0) is 21.8. The second-order valence-corrected chi connectivity index (χ2v) is 7.57. The molecular formula is C26H27N3O2. The largest absolute Gasteiger partial charge is 0.459 e. The normalized spacial score (nSPS) is 10.9. The van der Waals surface area contributed by atoms with Crippen molar-refractivity contribution in [2.24, 2.45) is 0 Å². The van der Waals surface area contributed by atoms with Crippen molar-refractivity contribution in [1.82, 2.24) is 9.88 Å². The number of rotatable bonds is 7. The number of aromatic nitrogens is 1. The van der Waals surface area contributed by atoms with Crippen molar-refractivity contribution in [3.63, 3.8) is 0 Å². The predicted molar refractivity (Wildman–Crippen MR) is 125 cm³/mol. The first-order chi connectivity index (χ1) is 15.1. The van der Waals surface area contributed by atoms with Gasteiger partial charge in [0.15, 0.2) is 5.76 Å². The van der Waals surface area contributed by atoms with Gasteiger partial charge >= 0.3 is 0 Å². The van der Waals surface area contributed by atoms with Gasteiger partial charge < -0.3 is 14.2 Å². The molecule has 0 saturated heterocycles. The molecule has 2 aromatic heterocycles. The number of fused-ring (bicyclic) bond motifs is 1.